The molecule has 0 radical (unpaired) electrons. The first-order valence-electron chi connectivity index (χ1n) is 4.80. The topological polar surface area (TPSA) is 41.1 Å². The lowest BCUT2D eigenvalue weighted by molar-refractivity contribution is 1.05. The molecule has 0 amide bonds. The van der Waals surface area contributed by atoms with Crippen molar-refractivity contribution in [3.8, 4) is 0 Å². The summed E-state index contributed by atoms with van der Waals surface area (Å²) in [6.45, 7) is 0. The van der Waals surface area contributed by atoms with Crippen LogP contribution in [0, 0.1) is 0 Å². The molecule has 0 saturated carbocycles. The monoisotopic (exact) mass is 288 g/mol. The first-order valence-corrected chi connectivity index (χ1v) is 6.33. The van der Waals surface area contributed by atoms with E-state index in [1.807, 2.05) is 19.0 Å². The van der Waals surface area contributed by atoms with Gasteiger partial charge in [0.15, 0.2) is 0 Å². The highest BCUT2D eigenvalue weighted by Crippen LogP contribution is 2.33. The van der Waals surface area contributed by atoms with Gasteiger partial charge in [-0.1, -0.05) is 29.3 Å². The van der Waals surface area contributed by atoms with Gasteiger partial charge in [-0.3, -0.25) is 0 Å². The Morgan fingerprint density at radius 1 is 1.24 bits per heavy atom. The molecule has 17 heavy (non-hydrogen) atoms. The molecule has 2 rings (SSSR count). The maximum atomic E-state index is 6.05. The molecule has 7 heteroatoms. The lowest BCUT2D eigenvalue weighted by Gasteiger charge is -2.07. The second-order valence-electron chi connectivity index (χ2n) is 3.52. The number of rotatable bonds is 3. The van der Waals surface area contributed by atoms with Gasteiger partial charge in [-0.25, -0.2) is 0 Å². The minimum absolute atomic E-state index is 0.555. The number of aromatic nitrogens is 2. The Morgan fingerprint density at radius 2 is 1.88 bits per heavy atom. The third-order valence-corrected chi connectivity index (χ3v) is 3.26. The van der Waals surface area contributed by atoms with Gasteiger partial charge in [-0.15, -0.1) is 0 Å². The van der Waals surface area contributed by atoms with Crippen LogP contribution in [0.1, 0.15) is 0 Å². The zero-order valence-electron chi connectivity index (χ0n) is 9.24. The molecule has 0 bridgehead atoms. The molecule has 0 spiro atoms. The molecule has 0 unspecified atom stereocenters. The molecule has 0 fully saturated rings. The van der Waals surface area contributed by atoms with Gasteiger partial charge < -0.3 is 10.2 Å². The number of nitrogens with zero attached hydrogens (tertiary/aromatic N) is 3. The smallest absolute Gasteiger partial charge is 0.238 e. The van der Waals surface area contributed by atoms with Crippen molar-refractivity contribution in [3.63, 3.8) is 0 Å². The fourth-order valence-electron chi connectivity index (χ4n) is 1.17. The standard InChI is InChI=1S/C10H10Cl2N4S/c1-16(2)9-14-10(17-15-9)13-8-6(11)4-3-5-7(8)12/h3-5H,1-2H3,(H,13,14,15). The second-order valence-corrected chi connectivity index (χ2v) is 5.08. The van der Waals surface area contributed by atoms with E-state index in [9.17, 15) is 0 Å². The van der Waals surface area contributed by atoms with Crippen molar-refractivity contribution in [2.24, 2.45) is 0 Å². The zero-order chi connectivity index (χ0) is 12.4. The van der Waals surface area contributed by atoms with E-state index < -0.39 is 0 Å². The molecule has 2 aromatic rings. The average Bonchev–Trinajstić information content (AvgIpc) is 2.72. The zero-order valence-corrected chi connectivity index (χ0v) is 11.6. The van der Waals surface area contributed by atoms with Gasteiger partial charge in [-0.2, -0.15) is 9.36 Å². The number of anilines is 3. The Labute approximate surface area is 113 Å². The van der Waals surface area contributed by atoms with Crippen LogP contribution in [0.5, 0.6) is 0 Å². The largest absolute Gasteiger partial charge is 0.346 e. The summed E-state index contributed by atoms with van der Waals surface area (Å²) in [7, 11) is 3.77. The fourth-order valence-corrected chi connectivity index (χ4v) is 2.31. The van der Waals surface area contributed by atoms with Gasteiger partial charge in [0.05, 0.1) is 15.7 Å². The van der Waals surface area contributed by atoms with Crippen LogP contribution in [0.15, 0.2) is 18.2 Å². The van der Waals surface area contributed by atoms with E-state index in [0.717, 1.165) is 0 Å². The summed E-state index contributed by atoms with van der Waals surface area (Å²) in [5.74, 6) is 0.653. The van der Waals surface area contributed by atoms with Gasteiger partial charge >= 0.3 is 0 Å². The predicted molar refractivity (Wildman–Crippen MR) is 74.0 cm³/mol. The van der Waals surface area contributed by atoms with Gasteiger partial charge in [0.25, 0.3) is 0 Å². The van der Waals surface area contributed by atoms with Crippen LogP contribution in [0.3, 0.4) is 0 Å². The van der Waals surface area contributed by atoms with Crippen LogP contribution in [0.2, 0.25) is 10.0 Å². The molecule has 0 saturated heterocycles. The average molecular weight is 289 g/mol. The van der Waals surface area contributed by atoms with Crippen molar-refractivity contribution in [2.75, 3.05) is 24.3 Å². The van der Waals surface area contributed by atoms with Gasteiger partial charge in [0.1, 0.15) is 0 Å². The molecule has 0 aliphatic carbocycles. The molecule has 0 aliphatic heterocycles. The molecular weight excluding hydrogens is 279 g/mol. The molecule has 1 aromatic heterocycles. The first kappa shape index (κ1) is 12.4. The van der Waals surface area contributed by atoms with Crippen LogP contribution < -0.4 is 10.2 Å². The van der Waals surface area contributed by atoms with Crippen molar-refractivity contribution >= 4 is 51.5 Å². The summed E-state index contributed by atoms with van der Waals surface area (Å²) in [5.41, 5.74) is 0.650. The molecule has 0 atom stereocenters. The highest BCUT2D eigenvalue weighted by molar-refractivity contribution is 7.10. The summed E-state index contributed by atoms with van der Waals surface area (Å²) in [5, 5.41) is 4.84. The van der Waals surface area contributed by atoms with Gasteiger partial charge in [-0.05, 0) is 12.1 Å². The Morgan fingerprint density at radius 3 is 2.41 bits per heavy atom. The Kier molecular flexibility index (Phi) is 3.71. The quantitative estimate of drug-likeness (QED) is 0.936. The van der Waals surface area contributed by atoms with Gasteiger partial charge in [0, 0.05) is 25.6 Å². The number of hydrogen-bond acceptors (Lipinski definition) is 5. The number of para-hydroxylation sites is 1. The lowest BCUT2D eigenvalue weighted by Crippen LogP contribution is -2.10. The van der Waals surface area contributed by atoms with E-state index in [4.69, 9.17) is 23.2 Å². The van der Waals surface area contributed by atoms with Crippen LogP contribution in [-0.4, -0.2) is 23.5 Å². The van der Waals surface area contributed by atoms with E-state index in [0.29, 0.717) is 26.8 Å². The minimum atomic E-state index is 0.555. The van der Waals surface area contributed by atoms with E-state index >= 15 is 0 Å². The van der Waals surface area contributed by atoms with E-state index in [1.54, 1.807) is 18.2 Å². The molecule has 1 heterocycles. The molecule has 0 aliphatic rings. The van der Waals surface area contributed by atoms with Crippen LogP contribution in [0.25, 0.3) is 0 Å². The third-order valence-electron chi connectivity index (χ3n) is 2.01. The summed E-state index contributed by atoms with van der Waals surface area (Å²) in [4.78, 5) is 6.12. The highest BCUT2D eigenvalue weighted by atomic mass is 35.5. The number of halogens is 2. The molecule has 1 N–H and O–H groups in total. The van der Waals surface area contributed by atoms with Crippen LogP contribution in [0.4, 0.5) is 16.8 Å². The van der Waals surface area contributed by atoms with Crippen molar-refractivity contribution in [2.45, 2.75) is 0 Å². The maximum absolute atomic E-state index is 6.05. The molecule has 4 nitrogen and oxygen atoms in total. The van der Waals surface area contributed by atoms with Crippen molar-refractivity contribution in [3.05, 3.63) is 28.2 Å². The molecule has 1 aromatic carbocycles. The highest BCUT2D eigenvalue weighted by Gasteiger charge is 2.10. The van der Waals surface area contributed by atoms with Crippen molar-refractivity contribution in [1.82, 2.24) is 9.36 Å². The summed E-state index contributed by atoms with van der Waals surface area (Å²) < 4.78 is 4.18. The number of nitrogens with one attached hydrogen (secondary N) is 1. The fraction of sp³-hybridized carbons (Fsp3) is 0.200. The third kappa shape index (κ3) is 2.80. The number of hydrogen-bond donors (Lipinski definition) is 1. The normalized spacial score (nSPS) is 10.4. The summed E-state index contributed by atoms with van der Waals surface area (Å²) in [6, 6.07) is 5.33. The van der Waals surface area contributed by atoms with Crippen LogP contribution >= 0.6 is 34.7 Å². The van der Waals surface area contributed by atoms with E-state index in [-0.39, 0.29) is 0 Å². The second kappa shape index (κ2) is 5.08. The van der Waals surface area contributed by atoms with Gasteiger partial charge in [0.2, 0.25) is 11.1 Å². The SMILES string of the molecule is CN(C)c1nsc(Nc2c(Cl)cccc2Cl)n1. The lowest BCUT2D eigenvalue weighted by atomic mass is 10.3. The van der Waals surface area contributed by atoms with E-state index in [2.05, 4.69) is 14.7 Å². The Hall–Kier alpha value is -1.04. The van der Waals surface area contributed by atoms with Crippen LogP contribution in [-0.2, 0) is 0 Å². The molecule has 90 valence electrons. The molecular formula is C10H10Cl2N4S. The number of benzene rings is 1. The van der Waals surface area contributed by atoms with E-state index in [1.165, 1.54) is 11.5 Å². The van der Waals surface area contributed by atoms with Crippen molar-refractivity contribution in [1.29, 1.82) is 0 Å². The first-order chi connectivity index (χ1) is 8.08. The Bertz CT molecular complexity index is 507. The predicted octanol–water partition coefficient (Wildman–Crippen LogP) is 3.65. The minimum Gasteiger partial charge on any atom is -0.346 e. The summed E-state index contributed by atoms with van der Waals surface area (Å²) in [6.07, 6.45) is 0. The Balaban J connectivity index is 2.25. The maximum Gasteiger partial charge on any atom is 0.238 e. The summed E-state index contributed by atoms with van der Waals surface area (Å²) >= 11 is 13.4. The van der Waals surface area contributed by atoms with Crippen molar-refractivity contribution < 1.29 is 0 Å².